The maximum Gasteiger partial charge on any atom is 0.339 e. The van der Waals surface area contributed by atoms with E-state index in [0.717, 1.165) is 0 Å². The second-order valence-electron chi connectivity index (χ2n) is 3.80. The normalized spacial score (nSPS) is 11.1. The van der Waals surface area contributed by atoms with Crippen molar-refractivity contribution in [1.29, 1.82) is 0 Å². The highest BCUT2D eigenvalue weighted by atomic mass is 35.5. The molecule has 0 fully saturated rings. The molecule has 2 aromatic rings. The molecular formula is C13H8Cl2O4S. The summed E-state index contributed by atoms with van der Waals surface area (Å²) < 4.78 is 29.0. The topological polar surface area (TPSA) is 60.4 Å². The van der Waals surface area contributed by atoms with Crippen molar-refractivity contribution in [3.8, 4) is 5.75 Å². The van der Waals surface area contributed by atoms with Gasteiger partial charge in [-0.05, 0) is 42.5 Å². The third-order valence-electron chi connectivity index (χ3n) is 2.39. The van der Waals surface area contributed by atoms with Gasteiger partial charge >= 0.3 is 10.1 Å². The van der Waals surface area contributed by atoms with Crippen LogP contribution in [0.3, 0.4) is 0 Å². The summed E-state index contributed by atoms with van der Waals surface area (Å²) in [5.74, 6) is -0.0489. The number of carbonyl (C=O) groups is 1. The second kappa shape index (κ2) is 5.83. The van der Waals surface area contributed by atoms with Crippen LogP contribution < -0.4 is 4.18 Å². The van der Waals surface area contributed by atoms with Crippen molar-refractivity contribution in [2.45, 2.75) is 4.90 Å². The molecule has 7 heteroatoms. The van der Waals surface area contributed by atoms with Crippen molar-refractivity contribution in [3.63, 3.8) is 0 Å². The highest BCUT2D eigenvalue weighted by Gasteiger charge is 2.18. The maximum absolute atomic E-state index is 12.0. The van der Waals surface area contributed by atoms with Gasteiger partial charge < -0.3 is 4.18 Å². The Bertz CT molecular complexity index is 739. The van der Waals surface area contributed by atoms with E-state index in [1.165, 1.54) is 42.5 Å². The van der Waals surface area contributed by atoms with Gasteiger partial charge in [-0.25, -0.2) is 0 Å². The molecule has 0 aliphatic rings. The molecule has 2 rings (SSSR count). The fraction of sp³-hybridized carbons (Fsp3) is 0. The van der Waals surface area contributed by atoms with E-state index in [1.54, 1.807) is 0 Å². The average Bonchev–Trinajstić information content (AvgIpc) is 2.41. The van der Waals surface area contributed by atoms with Crippen LogP contribution in [0.25, 0.3) is 0 Å². The Kier molecular flexibility index (Phi) is 4.32. The molecule has 0 unspecified atom stereocenters. The van der Waals surface area contributed by atoms with E-state index in [-0.39, 0.29) is 15.7 Å². The van der Waals surface area contributed by atoms with Gasteiger partial charge in [0.05, 0.1) is 5.02 Å². The summed E-state index contributed by atoms with van der Waals surface area (Å²) in [6.45, 7) is 0. The van der Waals surface area contributed by atoms with E-state index in [1.807, 2.05) is 0 Å². The summed E-state index contributed by atoms with van der Waals surface area (Å²) >= 11 is 11.5. The van der Waals surface area contributed by atoms with E-state index >= 15 is 0 Å². The molecule has 0 saturated carbocycles. The van der Waals surface area contributed by atoms with Gasteiger partial charge in [0.15, 0.2) is 5.75 Å². The molecule has 0 saturated heterocycles. The monoisotopic (exact) mass is 330 g/mol. The lowest BCUT2D eigenvalue weighted by molar-refractivity contribution is 0.112. The molecule has 0 atom stereocenters. The molecule has 0 bridgehead atoms. The Morgan fingerprint density at radius 3 is 2.20 bits per heavy atom. The first-order chi connectivity index (χ1) is 9.42. The highest BCUT2D eigenvalue weighted by molar-refractivity contribution is 7.87. The molecule has 0 aliphatic heterocycles. The number of hydrogen-bond acceptors (Lipinski definition) is 4. The van der Waals surface area contributed by atoms with Gasteiger partial charge in [-0.2, -0.15) is 8.42 Å². The molecule has 4 nitrogen and oxygen atoms in total. The smallest absolute Gasteiger partial charge is 0.339 e. The SMILES string of the molecule is O=Cc1ccc(OS(=O)(=O)c2ccc(Cl)cc2)c(Cl)c1. The molecule has 0 radical (unpaired) electrons. The fourth-order valence-corrected chi connectivity index (χ4v) is 2.77. The predicted octanol–water partition coefficient (Wildman–Crippen LogP) is 3.57. The van der Waals surface area contributed by atoms with Crippen LogP contribution >= 0.6 is 23.2 Å². The zero-order valence-electron chi connectivity index (χ0n) is 9.92. The quantitative estimate of drug-likeness (QED) is 0.635. The zero-order chi connectivity index (χ0) is 14.8. The number of carbonyl (C=O) groups excluding carboxylic acids is 1. The van der Waals surface area contributed by atoms with E-state index in [2.05, 4.69) is 0 Å². The minimum atomic E-state index is -4.00. The lowest BCUT2D eigenvalue weighted by Gasteiger charge is -2.08. The number of aldehydes is 1. The van der Waals surface area contributed by atoms with Crippen molar-refractivity contribution < 1.29 is 17.4 Å². The van der Waals surface area contributed by atoms with Gasteiger partial charge in [-0.1, -0.05) is 23.2 Å². The van der Waals surface area contributed by atoms with Gasteiger partial charge in [0.2, 0.25) is 0 Å². The van der Waals surface area contributed by atoms with Gasteiger partial charge in [0.25, 0.3) is 0 Å². The van der Waals surface area contributed by atoms with Crippen molar-refractivity contribution in [1.82, 2.24) is 0 Å². The lowest BCUT2D eigenvalue weighted by atomic mass is 10.2. The number of halogens is 2. The first kappa shape index (κ1) is 14.8. The molecule has 0 aromatic heterocycles. The summed E-state index contributed by atoms with van der Waals surface area (Å²) in [6, 6.07) is 9.58. The van der Waals surface area contributed by atoms with Crippen molar-refractivity contribution in [2.75, 3.05) is 0 Å². The van der Waals surface area contributed by atoms with Crippen LogP contribution in [0.15, 0.2) is 47.4 Å². The lowest BCUT2D eigenvalue weighted by Crippen LogP contribution is -2.10. The van der Waals surface area contributed by atoms with Crippen LogP contribution in [0.5, 0.6) is 5.75 Å². The van der Waals surface area contributed by atoms with Gasteiger partial charge in [0.1, 0.15) is 11.2 Å². The Hall–Kier alpha value is -1.56. The Morgan fingerprint density at radius 2 is 1.65 bits per heavy atom. The molecule has 104 valence electrons. The number of rotatable bonds is 4. The van der Waals surface area contributed by atoms with Crippen molar-refractivity contribution in [2.24, 2.45) is 0 Å². The Balaban J connectivity index is 2.33. The summed E-state index contributed by atoms with van der Waals surface area (Å²) in [5.41, 5.74) is 0.325. The maximum atomic E-state index is 12.0. The third-order valence-corrected chi connectivity index (χ3v) is 4.19. The fourth-order valence-electron chi connectivity index (χ4n) is 1.43. The minimum absolute atomic E-state index is 0.0344. The molecule has 0 N–H and O–H groups in total. The molecule has 0 spiro atoms. The Morgan fingerprint density at radius 1 is 1.00 bits per heavy atom. The highest BCUT2D eigenvalue weighted by Crippen LogP contribution is 2.28. The van der Waals surface area contributed by atoms with E-state index < -0.39 is 10.1 Å². The first-order valence-corrected chi connectivity index (χ1v) is 7.53. The van der Waals surface area contributed by atoms with Gasteiger partial charge in [0, 0.05) is 10.6 Å². The average molecular weight is 331 g/mol. The molecule has 20 heavy (non-hydrogen) atoms. The predicted molar refractivity (Wildman–Crippen MR) is 76.1 cm³/mol. The van der Waals surface area contributed by atoms with Crippen LogP contribution in [-0.4, -0.2) is 14.7 Å². The van der Waals surface area contributed by atoms with Crippen LogP contribution in [0.2, 0.25) is 10.0 Å². The Labute approximate surface area is 126 Å². The number of benzene rings is 2. The first-order valence-electron chi connectivity index (χ1n) is 5.37. The van der Waals surface area contributed by atoms with Gasteiger partial charge in [-0.3, -0.25) is 4.79 Å². The van der Waals surface area contributed by atoms with Crippen molar-refractivity contribution >= 4 is 39.6 Å². The van der Waals surface area contributed by atoms with Crippen LogP contribution in [-0.2, 0) is 10.1 Å². The van der Waals surface area contributed by atoms with Crippen LogP contribution in [0.4, 0.5) is 0 Å². The molecule has 0 heterocycles. The summed E-state index contributed by atoms with van der Waals surface area (Å²) in [4.78, 5) is 10.5. The summed E-state index contributed by atoms with van der Waals surface area (Å²) in [6.07, 6.45) is 0.601. The van der Waals surface area contributed by atoms with E-state index in [4.69, 9.17) is 27.4 Å². The van der Waals surface area contributed by atoms with Crippen molar-refractivity contribution in [3.05, 3.63) is 58.1 Å². The van der Waals surface area contributed by atoms with Gasteiger partial charge in [-0.15, -0.1) is 0 Å². The third kappa shape index (κ3) is 3.30. The minimum Gasteiger partial charge on any atom is -0.377 e. The summed E-state index contributed by atoms with van der Waals surface area (Å²) in [5, 5.41) is 0.449. The zero-order valence-corrected chi connectivity index (χ0v) is 12.2. The molecule has 0 aliphatic carbocycles. The van der Waals surface area contributed by atoms with Crippen LogP contribution in [0, 0.1) is 0 Å². The number of hydrogen-bond donors (Lipinski definition) is 0. The largest absolute Gasteiger partial charge is 0.377 e. The van der Waals surface area contributed by atoms with E-state index in [0.29, 0.717) is 16.9 Å². The summed E-state index contributed by atoms with van der Waals surface area (Å²) in [7, 11) is -4.00. The molecular weight excluding hydrogens is 323 g/mol. The second-order valence-corrected chi connectivity index (χ2v) is 6.19. The molecule has 2 aromatic carbocycles. The van der Waals surface area contributed by atoms with Crippen LogP contribution in [0.1, 0.15) is 10.4 Å². The van der Waals surface area contributed by atoms with E-state index in [9.17, 15) is 13.2 Å². The molecule has 0 amide bonds. The standard InChI is InChI=1S/C13H8Cl2O4S/c14-10-2-4-11(5-3-10)20(17,18)19-13-6-1-9(8-16)7-12(13)15/h1-8H.